The standard InChI is InChI=1S/C11H19NOS/c1-5-7-8-10(3)12(9-13)11(4)14-6-2/h7-9,11H,3,5-6H2,1-2,4H3/b8-7+. The Morgan fingerprint density at radius 2 is 2.21 bits per heavy atom. The van der Waals surface area contributed by atoms with E-state index in [0.29, 0.717) is 0 Å². The average molecular weight is 213 g/mol. The second-order valence-electron chi connectivity index (χ2n) is 2.87. The summed E-state index contributed by atoms with van der Waals surface area (Å²) in [6, 6.07) is 0. The van der Waals surface area contributed by atoms with Gasteiger partial charge in [0.05, 0.1) is 5.37 Å². The van der Waals surface area contributed by atoms with Crippen molar-refractivity contribution in [3.8, 4) is 0 Å². The summed E-state index contributed by atoms with van der Waals surface area (Å²) in [5, 5.41) is 0.159. The second kappa shape index (κ2) is 7.68. The van der Waals surface area contributed by atoms with Gasteiger partial charge in [-0.25, -0.2) is 0 Å². The first-order valence-electron chi connectivity index (χ1n) is 4.88. The molecule has 0 spiro atoms. The molecule has 2 nitrogen and oxygen atoms in total. The number of thioether (sulfide) groups is 1. The zero-order valence-electron chi connectivity index (χ0n) is 9.19. The van der Waals surface area contributed by atoms with Crippen molar-refractivity contribution in [2.45, 2.75) is 32.6 Å². The SMILES string of the molecule is C=C(/C=C/CC)N(C=O)C(C)SCC. The van der Waals surface area contributed by atoms with Crippen molar-refractivity contribution >= 4 is 18.2 Å². The van der Waals surface area contributed by atoms with Crippen LogP contribution in [0.2, 0.25) is 0 Å². The van der Waals surface area contributed by atoms with Gasteiger partial charge in [0, 0.05) is 5.70 Å². The van der Waals surface area contributed by atoms with E-state index >= 15 is 0 Å². The van der Waals surface area contributed by atoms with Crippen molar-refractivity contribution in [1.29, 1.82) is 0 Å². The number of hydrogen-bond donors (Lipinski definition) is 0. The first-order chi connectivity index (χ1) is 6.67. The minimum Gasteiger partial charge on any atom is -0.303 e. The molecule has 0 heterocycles. The highest BCUT2D eigenvalue weighted by atomic mass is 32.2. The molecule has 0 fully saturated rings. The summed E-state index contributed by atoms with van der Waals surface area (Å²) in [4.78, 5) is 12.5. The summed E-state index contributed by atoms with van der Waals surface area (Å²) in [7, 11) is 0. The van der Waals surface area contributed by atoms with E-state index in [2.05, 4.69) is 20.4 Å². The van der Waals surface area contributed by atoms with Crippen molar-refractivity contribution in [1.82, 2.24) is 4.90 Å². The van der Waals surface area contributed by atoms with Crippen LogP contribution in [0.5, 0.6) is 0 Å². The van der Waals surface area contributed by atoms with Gasteiger partial charge in [0.1, 0.15) is 0 Å². The van der Waals surface area contributed by atoms with Gasteiger partial charge in [-0.05, 0) is 25.2 Å². The summed E-state index contributed by atoms with van der Waals surface area (Å²) in [6.45, 7) is 10.0. The molecule has 0 saturated heterocycles. The highest BCUT2D eigenvalue weighted by Crippen LogP contribution is 2.17. The number of hydrogen-bond acceptors (Lipinski definition) is 2. The molecule has 0 aromatic heterocycles. The Morgan fingerprint density at radius 3 is 2.64 bits per heavy atom. The molecule has 0 N–H and O–H groups in total. The second-order valence-corrected chi connectivity index (χ2v) is 4.46. The van der Waals surface area contributed by atoms with Crippen LogP contribution < -0.4 is 0 Å². The third-order valence-electron chi connectivity index (χ3n) is 1.79. The molecule has 0 radical (unpaired) electrons. The molecule has 14 heavy (non-hydrogen) atoms. The van der Waals surface area contributed by atoms with E-state index in [0.717, 1.165) is 24.3 Å². The van der Waals surface area contributed by atoms with Gasteiger partial charge in [0.2, 0.25) is 6.41 Å². The molecule has 0 saturated carbocycles. The van der Waals surface area contributed by atoms with E-state index in [-0.39, 0.29) is 5.37 Å². The van der Waals surface area contributed by atoms with Gasteiger partial charge in [-0.15, -0.1) is 11.8 Å². The Bertz CT molecular complexity index is 213. The molecule has 0 rings (SSSR count). The van der Waals surface area contributed by atoms with E-state index in [1.54, 1.807) is 16.7 Å². The normalized spacial score (nSPS) is 12.8. The van der Waals surface area contributed by atoms with Crippen molar-refractivity contribution in [3.05, 3.63) is 24.4 Å². The summed E-state index contributed by atoms with van der Waals surface area (Å²) in [6.07, 6.45) is 5.69. The van der Waals surface area contributed by atoms with Gasteiger partial charge in [0.15, 0.2) is 0 Å². The van der Waals surface area contributed by atoms with Gasteiger partial charge in [-0.3, -0.25) is 4.79 Å². The zero-order valence-corrected chi connectivity index (χ0v) is 10.0. The van der Waals surface area contributed by atoms with Crippen molar-refractivity contribution in [2.75, 3.05) is 5.75 Å². The van der Waals surface area contributed by atoms with E-state index < -0.39 is 0 Å². The molecule has 0 aliphatic heterocycles. The number of rotatable bonds is 7. The molecule has 0 bridgehead atoms. The Labute approximate surface area is 91.1 Å². The van der Waals surface area contributed by atoms with Crippen LogP contribution in [0, 0.1) is 0 Å². The van der Waals surface area contributed by atoms with Crippen molar-refractivity contribution < 1.29 is 4.79 Å². The largest absolute Gasteiger partial charge is 0.303 e. The molecule has 0 aromatic carbocycles. The minimum atomic E-state index is 0.159. The summed E-state index contributed by atoms with van der Waals surface area (Å²) >= 11 is 1.73. The van der Waals surface area contributed by atoms with Gasteiger partial charge in [0.25, 0.3) is 0 Å². The highest BCUT2D eigenvalue weighted by Gasteiger charge is 2.12. The monoisotopic (exact) mass is 213 g/mol. The summed E-state index contributed by atoms with van der Waals surface area (Å²) in [5.41, 5.74) is 0.760. The van der Waals surface area contributed by atoms with Crippen LogP contribution in [0.3, 0.4) is 0 Å². The molecule has 80 valence electrons. The zero-order chi connectivity index (χ0) is 11.0. The molecule has 0 aliphatic carbocycles. The van der Waals surface area contributed by atoms with Gasteiger partial charge in [-0.1, -0.05) is 26.5 Å². The van der Waals surface area contributed by atoms with Crippen molar-refractivity contribution in [3.63, 3.8) is 0 Å². The van der Waals surface area contributed by atoms with Crippen LogP contribution in [-0.4, -0.2) is 22.4 Å². The lowest BCUT2D eigenvalue weighted by Crippen LogP contribution is -2.27. The number of amides is 1. The van der Waals surface area contributed by atoms with Crippen LogP contribution in [0.1, 0.15) is 27.2 Å². The Balaban J connectivity index is 4.31. The maximum atomic E-state index is 10.8. The van der Waals surface area contributed by atoms with Gasteiger partial charge < -0.3 is 4.90 Å². The number of carbonyl (C=O) groups excluding carboxylic acids is 1. The maximum Gasteiger partial charge on any atom is 0.215 e. The quantitative estimate of drug-likeness (QED) is 0.368. The summed E-state index contributed by atoms with van der Waals surface area (Å²) < 4.78 is 0. The Morgan fingerprint density at radius 1 is 1.57 bits per heavy atom. The molecule has 3 heteroatoms. The smallest absolute Gasteiger partial charge is 0.215 e. The Hall–Kier alpha value is -0.700. The van der Waals surface area contributed by atoms with Crippen LogP contribution in [0.25, 0.3) is 0 Å². The lowest BCUT2D eigenvalue weighted by Gasteiger charge is -2.24. The first-order valence-corrected chi connectivity index (χ1v) is 5.92. The fraction of sp³-hybridized carbons (Fsp3) is 0.545. The van der Waals surface area contributed by atoms with Crippen LogP contribution in [0.4, 0.5) is 0 Å². The third kappa shape index (κ3) is 4.51. The Kier molecular flexibility index (Phi) is 7.30. The lowest BCUT2D eigenvalue weighted by molar-refractivity contribution is -0.116. The van der Waals surface area contributed by atoms with E-state index in [1.807, 2.05) is 19.1 Å². The van der Waals surface area contributed by atoms with E-state index in [9.17, 15) is 4.79 Å². The lowest BCUT2D eigenvalue weighted by atomic mass is 10.3. The minimum absolute atomic E-state index is 0.159. The number of nitrogens with zero attached hydrogens (tertiary/aromatic N) is 1. The first kappa shape index (κ1) is 13.3. The average Bonchev–Trinajstić information content (AvgIpc) is 2.16. The topological polar surface area (TPSA) is 20.3 Å². The molecule has 0 aromatic rings. The fourth-order valence-corrected chi connectivity index (χ4v) is 1.88. The van der Waals surface area contributed by atoms with E-state index in [4.69, 9.17) is 0 Å². The predicted octanol–water partition coefficient (Wildman–Crippen LogP) is 3.02. The van der Waals surface area contributed by atoms with Gasteiger partial charge >= 0.3 is 0 Å². The van der Waals surface area contributed by atoms with Gasteiger partial charge in [-0.2, -0.15) is 0 Å². The van der Waals surface area contributed by atoms with Crippen molar-refractivity contribution in [2.24, 2.45) is 0 Å². The maximum absolute atomic E-state index is 10.8. The molecule has 1 unspecified atom stereocenters. The molecule has 0 aliphatic rings. The van der Waals surface area contributed by atoms with Crippen LogP contribution >= 0.6 is 11.8 Å². The summed E-state index contributed by atoms with van der Waals surface area (Å²) in [5.74, 6) is 0.996. The molecule has 1 atom stereocenters. The number of allylic oxidation sites excluding steroid dienone is 2. The highest BCUT2D eigenvalue weighted by molar-refractivity contribution is 7.99. The molecule has 1 amide bonds. The van der Waals surface area contributed by atoms with Crippen LogP contribution in [-0.2, 0) is 4.79 Å². The third-order valence-corrected chi connectivity index (χ3v) is 2.83. The predicted molar refractivity (Wildman–Crippen MR) is 64.1 cm³/mol. The molecular weight excluding hydrogens is 194 g/mol. The number of carbonyl (C=O) groups is 1. The molecular formula is C11H19NOS. The van der Waals surface area contributed by atoms with Crippen LogP contribution in [0.15, 0.2) is 24.4 Å². The fourth-order valence-electron chi connectivity index (χ4n) is 1.05. The van der Waals surface area contributed by atoms with E-state index in [1.165, 1.54) is 0 Å².